The number of aliphatic hydroxyl groups is 1. The topological polar surface area (TPSA) is 72.8 Å². The summed E-state index contributed by atoms with van der Waals surface area (Å²) in [6.45, 7) is 8.49. The lowest BCUT2D eigenvalue weighted by Crippen LogP contribution is -2.43. The number of ether oxygens (including phenoxy) is 2. The summed E-state index contributed by atoms with van der Waals surface area (Å²) in [7, 11) is 0. The van der Waals surface area contributed by atoms with E-state index in [4.69, 9.17) is 9.47 Å². The number of aliphatic hydroxyl groups excluding tert-OH is 1. The zero-order valence-corrected chi connectivity index (χ0v) is 18.4. The van der Waals surface area contributed by atoms with Crippen molar-refractivity contribution in [3.8, 4) is 0 Å². The van der Waals surface area contributed by atoms with Crippen LogP contribution in [-0.4, -0.2) is 35.4 Å². The number of rotatable bonds is 6. The molecular weight excluding hydrogens is 368 g/mol. The van der Waals surface area contributed by atoms with E-state index < -0.39 is 6.10 Å². The van der Waals surface area contributed by atoms with Gasteiger partial charge in [-0.2, -0.15) is 0 Å². The van der Waals surface area contributed by atoms with Gasteiger partial charge in [-0.15, -0.1) is 0 Å². The van der Waals surface area contributed by atoms with Crippen molar-refractivity contribution in [3.05, 3.63) is 11.6 Å². The standard InChI is InChI=1S/C24H38O5/c1-5-15(3)24(27)29-21-11-14(2)10-17-7-6-16(4)20(23(17)21)9-8-19-12-18(25)13-22(26)28-19/h7,14-16,18-21,23,25H,5-6,8-13H2,1-4H3/t14-,15?,16+,18-,19-,20+,21+,23-/m1/s1. The van der Waals surface area contributed by atoms with Crippen LogP contribution in [0.2, 0.25) is 0 Å². The summed E-state index contributed by atoms with van der Waals surface area (Å²) in [5, 5.41) is 9.90. The normalized spacial score (nSPS) is 38.4. The zero-order valence-electron chi connectivity index (χ0n) is 18.4. The van der Waals surface area contributed by atoms with Gasteiger partial charge in [0.2, 0.25) is 0 Å². The van der Waals surface area contributed by atoms with E-state index in [0.29, 0.717) is 24.2 Å². The third-order valence-electron chi connectivity index (χ3n) is 7.33. The van der Waals surface area contributed by atoms with Crippen LogP contribution in [0.15, 0.2) is 11.6 Å². The van der Waals surface area contributed by atoms with Crippen LogP contribution in [0.25, 0.3) is 0 Å². The minimum Gasteiger partial charge on any atom is -0.462 e. The van der Waals surface area contributed by atoms with E-state index in [0.717, 1.165) is 38.5 Å². The minimum absolute atomic E-state index is 0.0567. The first-order chi connectivity index (χ1) is 13.8. The number of allylic oxidation sites excluding steroid dienone is 1. The molecule has 0 bridgehead atoms. The number of hydrogen-bond donors (Lipinski definition) is 1. The monoisotopic (exact) mass is 406 g/mol. The van der Waals surface area contributed by atoms with E-state index in [1.165, 1.54) is 5.57 Å². The lowest BCUT2D eigenvalue weighted by Gasteiger charge is -2.46. The number of carbonyl (C=O) groups is 2. The fourth-order valence-electron chi connectivity index (χ4n) is 5.47. The van der Waals surface area contributed by atoms with Crippen molar-refractivity contribution in [1.82, 2.24) is 0 Å². The highest BCUT2D eigenvalue weighted by molar-refractivity contribution is 5.72. The molecule has 1 aliphatic heterocycles. The lowest BCUT2D eigenvalue weighted by molar-refractivity contribution is -0.163. The first-order valence-corrected chi connectivity index (χ1v) is 11.5. The predicted octanol–water partition coefficient (Wildman–Crippen LogP) is 4.42. The first kappa shape index (κ1) is 22.3. The molecule has 0 aromatic rings. The molecule has 1 unspecified atom stereocenters. The van der Waals surface area contributed by atoms with E-state index in [9.17, 15) is 14.7 Å². The van der Waals surface area contributed by atoms with Crippen LogP contribution in [0.3, 0.4) is 0 Å². The Labute approximate surface area is 175 Å². The van der Waals surface area contributed by atoms with E-state index in [2.05, 4.69) is 19.9 Å². The molecule has 5 nitrogen and oxygen atoms in total. The van der Waals surface area contributed by atoms with Gasteiger partial charge in [0.25, 0.3) is 0 Å². The van der Waals surface area contributed by atoms with Crippen LogP contribution in [-0.2, 0) is 19.1 Å². The molecule has 1 heterocycles. The molecule has 29 heavy (non-hydrogen) atoms. The molecule has 0 aromatic heterocycles. The highest BCUT2D eigenvalue weighted by atomic mass is 16.5. The molecule has 1 N–H and O–H groups in total. The van der Waals surface area contributed by atoms with E-state index in [-0.39, 0.29) is 42.4 Å². The summed E-state index contributed by atoms with van der Waals surface area (Å²) in [5.41, 5.74) is 1.45. The van der Waals surface area contributed by atoms with Gasteiger partial charge in [-0.1, -0.05) is 39.3 Å². The van der Waals surface area contributed by atoms with Gasteiger partial charge in [0.1, 0.15) is 12.2 Å². The largest absolute Gasteiger partial charge is 0.462 e. The molecule has 0 spiro atoms. The SMILES string of the molecule is CCC(C)C(=O)O[C@H]1C[C@H](C)CC2=CC[C@H](C)[C@H](CC[C@@H]3C[C@@H](O)CC(=O)O3)[C@@H]21. The molecular formula is C24H38O5. The summed E-state index contributed by atoms with van der Waals surface area (Å²) in [6, 6.07) is 0. The Balaban J connectivity index is 1.72. The summed E-state index contributed by atoms with van der Waals surface area (Å²) in [6.07, 6.45) is 7.74. The van der Waals surface area contributed by atoms with Crippen molar-refractivity contribution < 1.29 is 24.2 Å². The molecule has 2 fully saturated rings. The van der Waals surface area contributed by atoms with Crippen LogP contribution in [0.4, 0.5) is 0 Å². The molecule has 0 radical (unpaired) electrons. The maximum atomic E-state index is 12.6. The van der Waals surface area contributed by atoms with Crippen molar-refractivity contribution in [3.63, 3.8) is 0 Å². The Bertz CT molecular complexity index is 627. The molecule has 3 aliphatic rings. The van der Waals surface area contributed by atoms with E-state index in [1.807, 2.05) is 13.8 Å². The maximum Gasteiger partial charge on any atom is 0.308 e. The predicted molar refractivity (Wildman–Crippen MR) is 111 cm³/mol. The molecule has 0 aromatic carbocycles. The Hall–Kier alpha value is -1.36. The minimum atomic E-state index is -0.583. The second kappa shape index (κ2) is 9.63. The van der Waals surface area contributed by atoms with E-state index in [1.54, 1.807) is 0 Å². The second-order valence-electron chi connectivity index (χ2n) is 9.79. The molecule has 1 saturated heterocycles. The molecule has 2 aliphatic carbocycles. The molecule has 0 amide bonds. The summed E-state index contributed by atoms with van der Waals surface area (Å²) in [4.78, 5) is 24.2. The first-order valence-electron chi connectivity index (χ1n) is 11.5. The third kappa shape index (κ3) is 5.42. The van der Waals surface area contributed by atoms with Crippen LogP contribution >= 0.6 is 0 Å². The summed E-state index contributed by atoms with van der Waals surface area (Å²) >= 11 is 0. The van der Waals surface area contributed by atoms with Gasteiger partial charge in [-0.3, -0.25) is 9.59 Å². The molecule has 1 saturated carbocycles. The highest BCUT2D eigenvalue weighted by Gasteiger charge is 2.43. The Morgan fingerprint density at radius 1 is 1.28 bits per heavy atom. The molecule has 5 heteroatoms. The lowest BCUT2D eigenvalue weighted by atomic mass is 9.62. The Morgan fingerprint density at radius 3 is 2.72 bits per heavy atom. The number of esters is 2. The van der Waals surface area contributed by atoms with Crippen LogP contribution < -0.4 is 0 Å². The quantitative estimate of drug-likeness (QED) is 0.522. The molecule has 164 valence electrons. The third-order valence-corrected chi connectivity index (χ3v) is 7.33. The summed E-state index contributed by atoms with van der Waals surface area (Å²) in [5.74, 6) is 1.27. The second-order valence-corrected chi connectivity index (χ2v) is 9.79. The van der Waals surface area contributed by atoms with Gasteiger partial charge < -0.3 is 14.6 Å². The molecule has 3 rings (SSSR count). The molecule has 8 atom stereocenters. The van der Waals surface area contributed by atoms with Gasteiger partial charge in [-0.05, 0) is 56.3 Å². The van der Waals surface area contributed by atoms with Gasteiger partial charge in [0.15, 0.2) is 0 Å². The van der Waals surface area contributed by atoms with Crippen molar-refractivity contribution in [2.45, 2.75) is 97.4 Å². The van der Waals surface area contributed by atoms with Crippen LogP contribution in [0, 0.1) is 29.6 Å². The number of carbonyl (C=O) groups excluding carboxylic acids is 2. The zero-order chi connectivity index (χ0) is 21.1. The van der Waals surface area contributed by atoms with Gasteiger partial charge in [-0.25, -0.2) is 0 Å². The van der Waals surface area contributed by atoms with Gasteiger partial charge >= 0.3 is 11.9 Å². The average molecular weight is 407 g/mol. The van der Waals surface area contributed by atoms with Crippen molar-refractivity contribution in [1.29, 1.82) is 0 Å². The van der Waals surface area contributed by atoms with Crippen molar-refractivity contribution >= 4 is 11.9 Å². The fourth-order valence-corrected chi connectivity index (χ4v) is 5.47. The van der Waals surface area contributed by atoms with Crippen molar-refractivity contribution in [2.75, 3.05) is 0 Å². The van der Waals surface area contributed by atoms with E-state index >= 15 is 0 Å². The summed E-state index contributed by atoms with van der Waals surface area (Å²) < 4.78 is 11.6. The van der Waals surface area contributed by atoms with Crippen LogP contribution in [0.1, 0.15) is 79.1 Å². The number of fused-ring (bicyclic) bond motifs is 1. The Kier molecular flexibility index (Phi) is 7.42. The fraction of sp³-hybridized carbons (Fsp3) is 0.833. The highest BCUT2D eigenvalue weighted by Crippen LogP contribution is 2.48. The maximum absolute atomic E-state index is 12.6. The number of cyclic esters (lactones) is 1. The average Bonchev–Trinajstić information content (AvgIpc) is 2.65. The van der Waals surface area contributed by atoms with Crippen LogP contribution in [0.5, 0.6) is 0 Å². The van der Waals surface area contributed by atoms with Crippen molar-refractivity contribution in [2.24, 2.45) is 29.6 Å². The smallest absolute Gasteiger partial charge is 0.308 e. The van der Waals surface area contributed by atoms with Gasteiger partial charge in [0, 0.05) is 12.3 Å². The van der Waals surface area contributed by atoms with Gasteiger partial charge in [0.05, 0.1) is 18.4 Å². The Morgan fingerprint density at radius 2 is 2.03 bits per heavy atom. The number of hydrogen-bond acceptors (Lipinski definition) is 5.